The molecule has 0 spiro atoms. The van der Waals surface area contributed by atoms with Gasteiger partial charge in [0.2, 0.25) is 0 Å². The predicted molar refractivity (Wildman–Crippen MR) is 97.7 cm³/mol. The fourth-order valence-electron chi connectivity index (χ4n) is 4.47. The van der Waals surface area contributed by atoms with Gasteiger partial charge in [-0.2, -0.15) is 5.10 Å². The highest BCUT2D eigenvalue weighted by molar-refractivity contribution is 5.83. The fourth-order valence-corrected chi connectivity index (χ4v) is 4.47. The Morgan fingerprint density at radius 1 is 1.30 bits per heavy atom. The molecule has 1 fully saturated rings. The summed E-state index contributed by atoms with van der Waals surface area (Å²) in [6.45, 7) is 1.45. The monoisotopic (exact) mass is 370 g/mol. The molecular formula is C21H20F2N2O2. The predicted octanol–water partition coefficient (Wildman–Crippen LogP) is 4.45. The van der Waals surface area contributed by atoms with Crippen LogP contribution in [0.1, 0.15) is 41.9 Å². The molecule has 0 radical (unpaired) electrons. The van der Waals surface area contributed by atoms with Gasteiger partial charge in [-0.25, -0.2) is 8.78 Å². The number of carboxylic acids is 1. The van der Waals surface area contributed by atoms with Gasteiger partial charge in [-0.3, -0.25) is 9.48 Å². The Morgan fingerprint density at radius 3 is 2.81 bits per heavy atom. The van der Waals surface area contributed by atoms with E-state index in [2.05, 4.69) is 5.10 Å². The van der Waals surface area contributed by atoms with Crippen LogP contribution in [-0.4, -0.2) is 20.9 Å². The Bertz CT molecular complexity index is 1060. The van der Waals surface area contributed by atoms with E-state index in [4.69, 9.17) is 0 Å². The van der Waals surface area contributed by atoms with E-state index in [1.54, 1.807) is 10.9 Å². The van der Waals surface area contributed by atoms with Crippen molar-refractivity contribution in [2.24, 2.45) is 7.05 Å². The third-order valence-electron chi connectivity index (χ3n) is 6.02. The van der Waals surface area contributed by atoms with Gasteiger partial charge in [0.25, 0.3) is 0 Å². The van der Waals surface area contributed by atoms with Crippen molar-refractivity contribution in [3.63, 3.8) is 0 Å². The quantitative estimate of drug-likeness (QED) is 0.741. The molecule has 140 valence electrons. The second-order valence-corrected chi connectivity index (χ2v) is 7.45. The average molecular weight is 370 g/mol. The van der Waals surface area contributed by atoms with Gasteiger partial charge in [-0.1, -0.05) is 18.2 Å². The summed E-state index contributed by atoms with van der Waals surface area (Å²) in [6, 6.07) is 8.49. The number of halogens is 2. The molecule has 1 aromatic heterocycles. The molecule has 1 heterocycles. The van der Waals surface area contributed by atoms with E-state index >= 15 is 0 Å². The third-order valence-corrected chi connectivity index (χ3v) is 6.02. The molecular weight excluding hydrogens is 350 g/mol. The first-order chi connectivity index (χ1) is 12.8. The molecule has 4 rings (SSSR count). The van der Waals surface area contributed by atoms with Gasteiger partial charge >= 0.3 is 5.97 Å². The number of benzene rings is 2. The molecule has 6 heteroatoms. The van der Waals surface area contributed by atoms with Crippen molar-refractivity contribution in [3.05, 3.63) is 64.9 Å². The average Bonchev–Trinajstić information content (AvgIpc) is 3.25. The van der Waals surface area contributed by atoms with Crippen molar-refractivity contribution < 1.29 is 18.7 Å². The molecule has 1 saturated carbocycles. The Kier molecular flexibility index (Phi) is 4.02. The summed E-state index contributed by atoms with van der Waals surface area (Å²) < 4.78 is 29.4. The molecule has 2 atom stereocenters. The van der Waals surface area contributed by atoms with Crippen LogP contribution in [0.4, 0.5) is 8.78 Å². The smallest absolute Gasteiger partial charge is 0.314 e. The van der Waals surface area contributed by atoms with Gasteiger partial charge in [-0.05, 0) is 60.9 Å². The lowest BCUT2D eigenvalue weighted by atomic mass is 9.75. The van der Waals surface area contributed by atoms with Crippen LogP contribution in [0.25, 0.3) is 10.9 Å². The highest BCUT2D eigenvalue weighted by Crippen LogP contribution is 2.50. The number of carbonyl (C=O) groups is 1. The second-order valence-electron chi connectivity index (χ2n) is 7.45. The van der Waals surface area contributed by atoms with Gasteiger partial charge in [-0.15, -0.1) is 0 Å². The number of aliphatic carboxylic acids is 1. The summed E-state index contributed by atoms with van der Waals surface area (Å²) in [5.41, 5.74) is 1.29. The summed E-state index contributed by atoms with van der Waals surface area (Å²) in [5.74, 6) is -2.87. The molecule has 0 aliphatic heterocycles. The third kappa shape index (κ3) is 2.62. The van der Waals surface area contributed by atoms with Gasteiger partial charge < -0.3 is 5.11 Å². The number of nitrogens with zero attached hydrogens (tertiary/aromatic N) is 2. The summed E-state index contributed by atoms with van der Waals surface area (Å²) in [4.78, 5) is 12.2. The van der Waals surface area contributed by atoms with Crippen LogP contribution < -0.4 is 0 Å². The molecule has 1 aliphatic carbocycles. The van der Waals surface area contributed by atoms with Crippen LogP contribution in [0.15, 0.2) is 36.5 Å². The van der Waals surface area contributed by atoms with Crippen molar-refractivity contribution in [2.45, 2.75) is 37.5 Å². The van der Waals surface area contributed by atoms with Crippen LogP contribution in [0.2, 0.25) is 0 Å². The molecule has 1 N–H and O–H groups in total. The maximum Gasteiger partial charge on any atom is 0.314 e. The first-order valence-electron chi connectivity index (χ1n) is 8.93. The van der Waals surface area contributed by atoms with E-state index in [-0.39, 0.29) is 11.5 Å². The zero-order valence-corrected chi connectivity index (χ0v) is 15.2. The van der Waals surface area contributed by atoms with Crippen molar-refractivity contribution in [1.29, 1.82) is 0 Å². The van der Waals surface area contributed by atoms with Crippen LogP contribution >= 0.6 is 0 Å². The number of hydrogen-bond acceptors (Lipinski definition) is 2. The number of fused-ring (bicyclic) bond motifs is 1. The normalized spacial score (nSPS) is 22.4. The molecule has 1 unspecified atom stereocenters. The Morgan fingerprint density at radius 2 is 2.07 bits per heavy atom. The Balaban J connectivity index is 1.75. The van der Waals surface area contributed by atoms with Crippen LogP contribution in [0, 0.1) is 18.6 Å². The van der Waals surface area contributed by atoms with Crippen LogP contribution in [0.5, 0.6) is 0 Å². The molecule has 1 aliphatic rings. The summed E-state index contributed by atoms with van der Waals surface area (Å²) >= 11 is 0. The van der Waals surface area contributed by atoms with Gasteiger partial charge in [0.05, 0.1) is 17.1 Å². The first kappa shape index (κ1) is 17.6. The molecule has 27 heavy (non-hydrogen) atoms. The Labute approximate surface area is 155 Å². The summed E-state index contributed by atoms with van der Waals surface area (Å²) in [6.07, 6.45) is 3.22. The van der Waals surface area contributed by atoms with Gasteiger partial charge in [0.15, 0.2) is 11.6 Å². The van der Waals surface area contributed by atoms with E-state index in [0.717, 1.165) is 22.5 Å². The minimum atomic E-state index is -1.20. The largest absolute Gasteiger partial charge is 0.481 e. The standard InChI is InChI=1S/C21H20F2N2O2/c1-12-16(5-6-17(22)19(12)23)21(20(26)27)8-7-14(10-21)13-3-4-15-11-24-25(2)18(15)9-13/h3-6,9,11,14H,7-8,10H2,1-2H3,(H,26,27)/t14?,21-/m0/s1. The maximum atomic E-state index is 14.1. The van der Waals surface area contributed by atoms with Crippen LogP contribution in [-0.2, 0) is 17.3 Å². The summed E-state index contributed by atoms with van der Waals surface area (Å²) in [7, 11) is 1.87. The molecule has 0 saturated heterocycles. The molecule has 0 bridgehead atoms. The zero-order valence-electron chi connectivity index (χ0n) is 15.2. The highest BCUT2D eigenvalue weighted by atomic mass is 19.2. The SMILES string of the molecule is Cc1c([C@]2(C(=O)O)CCC(c3ccc4cnn(C)c4c3)C2)ccc(F)c1F. The van der Waals surface area contributed by atoms with Crippen molar-refractivity contribution in [3.8, 4) is 0 Å². The molecule has 4 nitrogen and oxygen atoms in total. The topological polar surface area (TPSA) is 55.1 Å². The minimum Gasteiger partial charge on any atom is -0.481 e. The number of aryl methyl sites for hydroxylation is 1. The number of rotatable bonds is 3. The molecule has 0 amide bonds. The van der Waals surface area contributed by atoms with Crippen molar-refractivity contribution in [1.82, 2.24) is 9.78 Å². The Hall–Kier alpha value is -2.76. The van der Waals surface area contributed by atoms with Crippen molar-refractivity contribution in [2.75, 3.05) is 0 Å². The summed E-state index contributed by atoms with van der Waals surface area (Å²) in [5, 5.41) is 15.3. The van der Waals surface area contributed by atoms with E-state index in [0.29, 0.717) is 24.8 Å². The zero-order chi connectivity index (χ0) is 19.3. The van der Waals surface area contributed by atoms with E-state index in [1.165, 1.54) is 13.0 Å². The number of hydrogen-bond donors (Lipinski definition) is 1. The number of aromatic nitrogens is 2. The van der Waals surface area contributed by atoms with Crippen molar-refractivity contribution >= 4 is 16.9 Å². The molecule has 2 aromatic carbocycles. The highest BCUT2D eigenvalue weighted by Gasteiger charge is 2.48. The van der Waals surface area contributed by atoms with Crippen LogP contribution in [0.3, 0.4) is 0 Å². The van der Waals surface area contributed by atoms with E-state index < -0.39 is 23.0 Å². The number of carboxylic acid groups (broad SMARTS) is 1. The minimum absolute atomic E-state index is 0.0351. The fraction of sp³-hybridized carbons (Fsp3) is 0.333. The maximum absolute atomic E-state index is 14.1. The second kappa shape index (κ2) is 6.15. The van der Waals surface area contributed by atoms with E-state index in [9.17, 15) is 18.7 Å². The van der Waals surface area contributed by atoms with Gasteiger partial charge in [0, 0.05) is 12.4 Å². The van der Waals surface area contributed by atoms with Gasteiger partial charge in [0.1, 0.15) is 0 Å². The lowest BCUT2D eigenvalue weighted by Crippen LogP contribution is -2.34. The first-order valence-corrected chi connectivity index (χ1v) is 8.93. The lowest BCUT2D eigenvalue weighted by Gasteiger charge is -2.27. The van der Waals surface area contributed by atoms with E-state index in [1.807, 2.05) is 25.2 Å². The molecule has 3 aromatic rings. The lowest BCUT2D eigenvalue weighted by molar-refractivity contribution is -0.143.